The Bertz CT molecular complexity index is 848. The number of anilines is 1. The highest BCUT2D eigenvalue weighted by Crippen LogP contribution is 2.28. The standard InChI is InChI=1S/C19H24N6.3H2/c20-11-13-6-8-14(9-7-13)12-22-17-5-1-4-16(23-17)18-15-3-2-10-21-19(15)25-24-18;;;/h1-5,10,13-14H,6-9,11-12,20H2,(H,22,23)(H,21,24,25);3*1H. The van der Waals surface area contributed by atoms with Crippen molar-refractivity contribution in [3.05, 3.63) is 36.5 Å². The zero-order valence-corrected chi connectivity index (χ0v) is 14.3. The maximum Gasteiger partial charge on any atom is 0.181 e. The van der Waals surface area contributed by atoms with Gasteiger partial charge in [0.05, 0.1) is 11.4 Å². The van der Waals surface area contributed by atoms with E-state index < -0.39 is 0 Å². The van der Waals surface area contributed by atoms with Gasteiger partial charge < -0.3 is 11.1 Å². The number of nitrogens with one attached hydrogen (secondary N) is 2. The third-order valence-electron chi connectivity index (χ3n) is 5.21. The monoisotopic (exact) mass is 342 g/mol. The SMILES string of the molecule is NCC1CCC(CNc2cccc(-c3[nH]nc4ncccc34)n2)CC1.[HH].[HH].[HH]. The molecule has 6 nitrogen and oxygen atoms in total. The fourth-order valence-electron chi connectivity index (χ4n) is 3.64. The Morgan fingerprint density at radius 1 is 1.12 bits per heavy atom. The molecule has 1 aliphatic rings. The van der Waals surface area contributed by atoms with Gasteiger partial charge in [0.25, 0.3) is 0 Å². The Labute approximate surface area is 151 Å². The van der Waals surface area contributed by atoms with Crippen molar-refractivity contribution < 1.29 is 4.28 Å². The summed E-state index contributed by atoms with van der Waals surface area (Å²) in [5.74, 6) is 2.34. The number of aromatic nitrogens is 4. The first-order valence-electron chi connectivity index (χ1n) is 9.04. The number of pyridine rings is 2. The smallest absolute Gasteiger partial charge is 0.181 e. The van der Waals surface area contributed by atoms with E-state index >= 15 is 0 Å². The van der Waals surface area contributed by atoms with Crippen molar-refractivity contribution in [1.29, 1.82) is 0 Å². The molecule has 0 amide bonds. The minimum absolute atomic E-state index is 0. The number of H-pyrrole nitrogens is 1. The summed E-state index contributed by atoms with van der Waals surface area (Å²) >= 11 is 0. The van der Waals surface area contributed by atoms with Crippen LogP contribution < -0.4 is 11.1 Å². The van der Waals surface area contributed by atoms with Crippen LogP contribution in [0.15, 0.2) is 36.5 Å². The molecule has 1 saturated carbocycles. The van der Waals surface area contributed by atoms with Gasteiger partial charge in [-0.2, -0.15) is 5.10 Å². The van der Waals surface area contributed by atoms with Gasteiger partial charge in [0.15, 0.2) is 5.65 Å². The predicted molar refractivity (Wildman–Crippen MR) is 106 cm³/mol. The molecule has 0 spiro atoms. The Morgan fingerprint density at radius 3 is 2.80 bits per heavy atom. The molecule has 1 aliphatic carbocycles. The average Bonchev–Trinajstić information content (AvgIpc) is 3.11. The Morgan fingerprint density at radius 2 is 1.96 bits per heavy atom. The highest BCUT2D eigenvalue weighted by Gasteiger charge is 2.20. The molecule has 6 heteroatoms. The van der Waals surface area contributed by atoms with Crippen LogP contribution in [0.3, 0.4) is 0 Å². The molecule has 3 heterocycles. The Balaban J connectivity index is 0.00000131. The van der Waals surface area contributed by atoms with Gasteiger partial charge in [0.1, 0.15) is 5.82 Å². The van der Waals surface area contributed by atoms with Crippen LogP contribution >= 0.6 is 0 Å². The van der Waals surface area contributed by atoms with E-state index in [1.54, 1.807) is 6.20 Å². The number of aromatic amines is 1. The average molecular weight is 342 g/mol. The maximum absolute atomic E-state index is 5.78. The maximum atomic E-state index is 5.78. The summed E-state index contributed by atoms with van der Waals surface area (Å²) in [4.78, 5) is 9.02. The van der Waals surface area contributed by atoms with Gasteiger partial charge in [-0.25, -0.2) is 9.97 Å². The van der Waals surface area contributed by atoms with Crippen molar-refractivity contribution in [2.24, 2.45) is 17.6 Å². The van der Waals surface area contributed by atoms with Gasteiger partial charge in [0.2, 0.25) is 0 Å². The van der Waals surface area contributed by atoms with E-state index in [0.717, 1.165) is 41.6 Å². The second kappa shape index (κ2) is 7.19. The largest absolute Gasteiger partial charge is 0.370 e. The predicted octanol–water partition coefficient (Wildman–Crippen LogP) is 3.93. The van der Waals surface area contributed by atoms with E-state index in [1.165, 1.54) is 25.7 Å². The molecule has 3 aromatic heterocycles. The molecule has 0 radical (unpaired) electrons. The molecule has 25 heavy (non-hydrogen) atoms. The van der Waals surface area contributed by atoms with E-state index in [4.69, 9.17) is 10.7 Å². The van der Waals surface area contributed by atoms with Crippen molar-refractivity contribution in [3.63, 3.8) is 0 Å². The highest BCUT2D eigenvalue weighted by molar-refractivity contribution is 5.89. The number of rotatable bonds is 5. The Hall–Kier alpha value is -2.47. The molecule has 136 valence electrons. The highest BCUT2D eigenvalue weighted by atomic mass is 15.2. The third kappa shape index (κ3) is 3.49. The first kappa shape index (κ1) is 16.0. The minimum Gasteiger partial charge on any atom is -0.370 e. The van der Waals surface area contributed by atoms with Crippen molar-refractivity contribution in [1.82, 2.24) is 20.2 Å². The second-order valence-electron chi connectivity index (χ2n) is 6.88. The lowest BCUT2D eigenvalue weighted by atomic mass is 9.82. The molecule has 0 bridgehead atoms. The summed E-state index contributed by atoms with van der Waals surface area (Å²) in [5, 5.41) is 11.8. The summed E-state index contributed by atoms with van der Waals surface area (Å²) in [5.41, 5.74) is 8.29. The van der Waals surface area contributed by atoms with Gasteiger partial charge in [-0.3, -0.25) is 5.10 Å². The van der Waals surface area contributed by atoms with Crippen molar-refractivity contribution in [2.45, 2.75) is 25.7 Å². The van der Waals surface area contributed by atoms with Crippen molar-refractivity contribution in [2.75, 3.05) is 18.4 Å². The van der Waals surface area contributed by atoms with Crippen LogP contribution in [0.1, 0.15) is 30.0 Å². The second-order valence-corrected chi connectivity index (χ2v) is 6.88. The molecule has 0 aliphatic heterocycles. The quantitative estimate of drug-likeness (QED) is 0.653. The van der Waals surface area contributed by atoms with Gasteiger partial charge in [-0.15, -0.1) is 0 Å². The lowest BCUT2D eigenvalue weighted by Gasteiger charge is -2.27. The molecule has 0 atom stereocenters. The molecular formula is C19H30N6. The molecule has 0 unspecified atom stereocenters. The van der Waals surface area contributed by atoms with E-state index in [-0.39, 0.29) is 4.28 Å². The zero-order chi connectivity index (χ0) is 17.1. The number of hydrogen-bond donors (Lipinski definition) is 3. The van der Waals surface area contributed by atoms with E-state index in [9.17, 15) is 0 Å². The van der Waals surface area contributed by atoms with E-state index in [2.05, 4.69) is 20.5 Å². The lowest BCUT2D eigenvalue weighted by Crippen LogP contribution is -2.25. The third-order valence-corrected chi connectivity index (χ3v) is 5.21. The van der Waals surface area contributed by atoms with E-state index in [1.807, 2.05) is 30.3 Å². The van der Waals surface area contributed by atoms with Crippen LogP contribution in [-0.2, 0) is 0 Å². The molecule has 4 N–H and O–H groups in total. The summed E-state index contributed by atoms with van der Waals surface area (Å²) in [7, 11) is 0. The minimum atomic E-state index is 0. The first-order chi connectivity index (χ1) is 12.3. The number of nitrogens with two attached hydrogens (primary N) is 1. The topological polar surface area (TPSA) is 92.5 Å². The molecule has 0 aromatic carbocycles. The normalized spacial score (nSPS) is 20.7. The molecule has 4 rings (SSSR count). The van der Waals surface area contributed by atoms with Crippen LogP contribution in [0, 0.1) is 11.8 Å². The summed E-state index contributed by atoms with van der Waals surface area (Å²) in [6.45, 7) is 1.80. The zero-order valence-electron chi connectivity index (χ0n) is 14.3. The Kier molecular flexibility index (Phi) is 4.61. The molecule has 3 aromatic rings. The molecule has 1 fully saturated rings. The van der Waals surface area contributed by atoms with Crippen LogP contribution in [0.2, 0.25) is 0 Å². The number of nitrogens with zero attached hydrogens (tertiary/aromatic N) is 3. The van der Waals surface area contributed by atoms with Crippen LogP contribution in [0.4, 0.5) is 5.82 Å². The van der Waals surface area contributed by atoms with E-state index in [0.29, 0.717) is 11.6 Å². The summed E-state index contributed by atoms with van der Waals surface area (Å²) in [6.07, 6.45) is 6.77. The lowest BCUT2D eigenvalue weighted by molar-refractivity contribution is 0.289. The molecule has 0 saturated heterocycles. The van der Waals surface area contributed by atoms with Crippen LogP contribution in [-0.4, -0.2) is 33.3 Å². The number of hydrogen-bond acceptors (Lipinski definition) is 5. The van der Waals surface area contributed by atoms with Crippen molar-refractivity contribution in [3.8, 4) is 11.4 Å². The first-order valence-corrected chi connectivity index (χ1v) is 9.04. The summed E-state index contributed by atoms with van der Waals surface area (Å²) < 4.78 is 0. The van der Waals surface area contributed by atoms with Gasteiger partial charge in [-0.05, 0) is 68.3 Å². The number of fused-ring (bicyclic) bond motifs is 1. The fraction of sp³-hybridized carbons (Fsp3) is 0.421. The van der Waals surface area contributed by atoms with Crippen LogP contribution in [0.25, 0.3) is 22.4 Å². The van der Waals surface area contributed by atoms with Gasteiger partial charge in [0, 0.05) is 22.4 Å². The van der Waals surface area contributed by atoms with Crippen LogP contribution in [0.5, 0.6) is 0 Å². The fourth-order valence-corrected chi connectivity index (χ4v) is 3.64. The van der Waals surface area contributed by atoms with Crippen molar-refractivity contribution >= 4 is 16.9 Å². The van der Waals surface area contributed by atoms with Gasteiger partial charge in [-0.1, -0.05) is 6.07 Å². The summed E-state index contributed by atoms with van der Waals surface area (Å²) in [6, 6.07) is 9.97. The van der Waals surface area contributed by atoms with Gasteiger partial charge >= 0.3 is 0 Å². The molecular weight excluding hydrogens is 312 g/mol.